The van der Waals surface area contributed by atoms with Gasteiger partial charge in [0.1, 0.15) is 5.58 Å². The molecule has 0 aliphatic rings. The Kier molecular flexibility index (Phi) is 4.28. The van der Waals surface area contributed by atoms with Crippen molar-refractivity contribution in [3.8, 4) is 0 Å². The van der Waals surface area contributed by atoms with Gasteiger partial charge in [-0.2, -0.15) is 0 Å². The monoisotopic (exact) mass is 341 g/mol. The summed E-state index contributed by atoms with van der Waals surface area (Å²) in [6, 6.07) is 25.8. The number of carbonyl (C=O) groups excluding carboxylic acids is 1. The molecule has 0 saturated carbocycles. The number of para-hydroxylation sites is 2. The first-order valence-electron chi connectivity index (χ1n) is 8.63. The van der Waals surface area contributed by atoms with E-state index in [0.29, 0.717) is 5.76 Å². The van der Waals surface area contributed by atoms with Crippen molar-refractivity contribution in [3.05, 3.63) is 101 Å². The van der Waals surface area contributed by atoms with Crippen molar-refractivity contribution < 1.29 is 9.21 Å². The van der Waals surface area contributed by atoms with Gasteiger partial charge in [0.25, 0.3) is 5.91 Å². The molecule has 0 atom stereocenters. The first-order chi connectivity index (χ1) is 12.7. The molecule has 0 saturated heterocycles. The number of carbonyl (C=O) groups is 1. The van der Waals surface area contributed by atoms with E-state index in [4.69, 9.17) is 4.42 Å². The number of aryl methyl sites for hydroxylation is 1. The molecule has 0 unspecified atom stereocenters. The van der Waals surface area contributed by atoms with Crippen LogP contribution in [0.2, 0.25) is 0 Å². The number of hydrogen-bond donors (Lipinski definition) is 1. The second-order valence-corrected chi connectivity index (χ2v) is 6.33. The Morgan fingerprint density at radius 2 is 1.58 bits per heavy atom. The highest BCUT2D eigenvalue weighted by Gasteiger charge is 2.18. The number of fused-ring (bicyclic) bond motifs is 1. The zero-order chi connectivity index (χ0) is 17.9. The summed E-state index contributed by atoms with van der Waals surface area (Å²) < 4.78 is 5.78. The molecule has 4 rings (SSSR count). The van der Waals surface area contributed by atoms with Crippen molar-refractivity contribution in [2.75, 3.05) is 5.32 Å². The lowest BCUT2D eigenvalue weighted by molar-refractivity contribution is 0.0998. The predicted molar refractivity (Wildman–Crippen MR) is 105 cm³/mol. The summed E-state index contributed by atoms with van der Waals surface area (Å²) in [5.74, 6) is 0.139. The van der Waals surface area contributed by atoms with E-state index in [0.717, 1.165) is 34.2 Å². The van der Waals surface area contributed by atoms with Crippen LogP contribution in [0.25, 0.3) is 11.0 Å². The molecule has 0 bridgehead atoms. The average molecular weight is 341 g/mol. The summed E-state index contributed by atoms with van der Waals surface area (Å²) >= 11 is 0. The van der Waals surface area contributed by atoms with E-state index in [-0.39, 0.29) is 5.91 Å². The minimum Gasteiger partial charge on any atom is -0.451 e. The Balaban J connectivity index is 1.62. The highest BCUT2D eigenvalue weighted by atomic mass is 16.3. The maximum atomic E-state index is 12.8. The first kappa shape index (κ1) is 16.2. The van der Waals surface area contributed by atoms with E-state index >= 15 is 0 Å². The molecule has 1 N–H and O–H groups in total. The van der Waals surface area contributed by atoms with Gasteiger partial charge in [-0.25, -0.2) is 0 Å². The first-order valence-corrected chi connectivity index (χ1v) is 8.63. The molecule has 0 aliphatic heterocycles. The second-order valence-electron chi connectivity index (χ2n) is 6.33. The topological polar surface area (TPSA) is 42.2 Å². The fraction of sp³-hybridized carbons (Fsp3) is 0.0870. The summed E-state index contributed by atoms with van der Waals surface area (Å²) in [5.41, 5.74) is 4.67. The minimum atomic E-state index is -0.223. The normalized spacial score (nSPS) is 10.8. The molecule has 0 spiro atoms. The summed E-state index contributed by atoms with van der Waals surface area (Å²) in [5, 5.41) is 3.98. The molecule has 1 amide bonds. The van der Waals surface area contributed by atoms with Crippen molar-refractivity contribution >= 4 is 22.6 Å². The van der Waals surface area contributed by atoms with Gasteiger partial charge >= 0.3 is 0 Å². The van der Waals surface area contributed by atoms with Crippen LogP contribution >= 0.6 is 0 Å². The van der Waals surface area contributed by atoms with Crippen LogP contribution in [-0.4, -0.2) is 5.91 Å². The van der Waals surface area contributed by atoms with Crippen molar-refractivity contribution in [1.29, 1.82) is 0 Å². The third-order valence-electron chi connectivity index (χ3n) is 4.55. The molecular formula is C23H19NO2. The molecule has 26 heavy (non-hydrogen) atoms. The lowest BCUT2D eigenvalue weighted by atomic mass is 10.0. The molecule has 3 aromatic carbocycles. The lowest BCUT2D eigenvalue weighted by Crippen LogP contribution is -2.13. The molecule has 1 aromatic heterocycles. The van der Waals surface area contributed by atoms with Crippen LogP contribution in [0.4, 0.5) is 5.69 Å². The molecule has 3 heteroatoms. The van der Waals surface area contributed by atoms with Gasteiger partial charge in [0.05, 0.1) is 0 Å². The molecule has 128 valence electrons. The molecule has 1 heterocycles. The Morgan fingerprint density at radius 1 is 0.885 bits per heavy atom. The Bertz CT molecular complexity index is 1060. The summed E-state index contributed by atoms with van der Waals surface area (Å²) in [7, 11) is 0. The van der Waals surface area contributed by atoms with Gasteiger partial charge in [0, 0.05) is 16.6 Å². The van der Waals surface area contributed by atoms with E-state index in [2.05, 4.69) is 17.4 Å². The number of anilines is 1. The average Bonchev–Trinajstić information content (AvgIpc) is 3.01. The van der Waals surface area contributed by atoms with Crippen molar-refractivity contribution in [2.45, 2.75) is 13.3 Å². The maximum absolute atomic E-state index is 12.8. The fourth-order valence-corrected chi connectivity index (χ4v) is 3.18. The zero-order valence-corrected chi connectivity index (χ0v) is 14.5. The lowest BCUT2D eigenvalue weighted by Gasteiger charge is -2.10. The van der Waals surface area contributed by atoms with Gasteiger partial charge in [-0.15, -0.1) is 0 Å². The molecular weight excluding hydrogens is 322 g/mol. The summed E-state index contributed by atoms with van der Waals surface area (Å²) in [4.78, 5) is 12.8. The molecule has 4 aromatic rings. The smallest absolute Gasteiger partial charge is 0.291 e. The zero-order valence-electron chi connectivity index (χ0n) is 14.5. The number of amides is 1. The second kappa shape index (κ2) is 6.89. The van der Waals surface area contributed by atoms with Crippen LogP contribution < -0.4 is 5.32 Å². The minimum absolute atomic E-state index is 0.223. The molecule has 3 nitrogen and oxygen atoms in total. The third kappa shape index (κ3) is 3.11. The Hall–Kier alpha value is -3.33. The van der Waals surface area contributed by atoms with Gasteiger partial charge < -0.3 is 9.73 Å². The van der Waals surface area contributed by atoms with Crippen LogP contribution in [0.15, 0.2) is 83.3 Å². The Morgan fingerprint density at radius 3 is 2.38 bits per heavy atom. The summed E-state index contributed by atoms with van der Waals surface area (Å²) in [6.45, 7) is 1.91. The van der Waals surface area contributed by atoms with Crippen LogP contribution in [0.3, 0.4) is 0 Å². The van der Waals surface area contributed by atoms with Gasteiger partial charge in [-0.3, -0.25) is 4.79 Å². The van der Waals surface area contributed by atoms with Crippen LogP contribution in [-0.2, 0) is 6.42 Å². The van der Waals surface area contributed by atoms with Crippen LogP contribution in [0.1, 0.15) is 27.2 Å². The van der Waals surface area contributed by atoms with Crippen molar-refractivity contribution in [3.63, 3.8) is 0 Å². The standard InChI is InChI=1S/C23H19NO2/c1-16-19-12-6-8-14-21(19)26-22(16)23(25)24-20-13-7-5-11-18(20)15-17-9-3-2-4-10-17/h2-14H,15H2,1H3,(H,24,25). The van der Waals surface area contributed by atoms with E-state index in [1.807, 2.05) is 73.7 Å². The summed E-state index contributed by atoms with van der Waals surface area (Å²) in [6.07, 6.45) is 0.760. The largest absolute Gasteiger partial charge is 0.451 e. The number of rotatable bonds is 4. The van der Waals surface area contributed by atoms with E-state index in [9.17, 15) is 4.79 Å². The number of furan rings is 1. The van der Waals surface area contributed by atoms with Gasteiger partial charge in [-0.1, -0.05) is 66.7 Å². The van der Waals surface area contributed by atoms with Crippen molar-refractivity contribution in [1.82, 2.24) is 0 Å². The highest BCUT2D eigenvalue weighted by molar-refractivity contribution is 6.06. The highest BCUT2D eigenvalue weighted by Crippen LogP contribution is 2.26. The fourth-order valence-electron chi connectivity index (χ4n) is 3.18. The number of hydrogen-bond acceptors (Lipinski definition) is 2. The van der Waals surface area contributed by atoms with E-state index in [1.54, 1.807) is 0 Å². The van der Waals surface area contributed by atoms with E-state index in [1.165, 1.54) is 5.56 Å². The van der Waals surface area contributed by atoms with Crippen molar-refractivity contribution in [2.24, 2.45) is 0 Å². The molecule has 0 aliphatic carbocycles. The Labute approximate surface area is 152 Å². The van der Waals surface area contributed by atoms with Crippen LogP contribution in [0.5, 0.6) is 0 Å². The van der Waals surface area contributed by atoms with E-state index < -0.39 is 0 Å². The quantitative estimate of drug-likeness (QED) is 0.526. The third-order valence-corrected chi connectivity index (χ3v) is 4.55. The SMILES string of the molecule is Cc1c(C(=O)Nc2ccccc2Cc2ccccc2)oc2ccccc12. The van der Waals surface area contributed by atoms with Gasteiger partial charge in [0.2, 0.25) is 0 Å². The van der Waals surface area contributed by atoms with Gasteiger partial charge in [-0.05, 0) is 36.6 Å². The number of benzene rings is 3. The van der Waals surface area contributed by atoms with Crippen LogP contribution in [0, 0.1) is 6.92 Å². The maximum Gasteiger partial charge on any atom is 0.291 e. The molecule has 0 radical (unpaired) electrons. The number of nitrogens with one attached hydrogen (secondary N) is 1. The predicted octanol–water partition coefficient (Wildman–Crippen LogP) is 5.58. The molecule has 0 fully saturated rings. The van der Waals surface area contributed by atoms with Gasteiger partial charge in [0.15, 0.2) is 5.76 Å².